The van der Waals surface area contributed by atoms with E-state index in [1.165, 1.54) is 0 Å². The zero-order valence-electron chi connectivity index (χ0n) is 10.7. The van der Waals surface area contributed by atoms with Crippen molar-refractivity contribution in [2.75, 3.05) is 24.6 Å². The van der Waals surface area contributed by atoms with Gasteiger partial charge in [0.25, 0.3) is 0 Å². The van der Waals surface area contributed by atoms with Crippen molar-refractivity contribution in [3.8, 4) is 0 Å². The number of sulfone groups is 1. The third-order valence-electron chi connectivity index (χ3n) is 3.33. The summed E-state index contributed by atoms with van der Waals surface area (Å²) in [5.41, 5.74) is 1.51. The Balaban J connectivity index is 1.97. The van der Waals surface area contributed by atoms with E-state index in [0.29, 0.717) is 25.0 Å². The van der Waals surface area contributed by atoms with Gasteiger partial charge < -0.3 is 10.0 Å². The summed E-state index contributed by atoms with van der Waals surface area (Å²) in [5, 5.41) is 18.0. The molecule has 1 aliphatic rings. The number of nitrogens with zero attached hydrogens (tertiary/aromatic N) is 1. The molecule has 2 rings (SSSR count). The molecule has 0 atom stereocenters. The first-order valence-corrected chi connectivity index (χ1v) is 8.16. The first kappa shape index (κ1) is 14.5. The summed E-state index contributed by atoms with van der Waals surface area (Å²) in [6.45, 7) is 2.04. The van der Waals surface area contributed by atoms with Crippen molar-refractivity contribution < 1.29 is 18.5 Å². The second-order valence-electron chi connectivity index (χ2n) is 4.90. The van der Waals surface area contributed by atoms with E-state index in [-0.39, 0.29) is 11.5 Å². The van der Waals surface area contributed by atoms with E-state index in [1.54, 1.807) is 12.1 Å². The van der Waals surface area contributed by atoms with Gasteiger partial charge in [-0.25, -0.2) is 8.42 Å². The minimum atomic E-state index is -2.87. The smallest absolute Gasteiger partial charge is 0.423 e. The molecule has 19 heavy (non-hydrogen) atoms. The van der Waals surface area contributed by atoms with Crippen LogP contribution in [0.25, 0.3) is 0 Å². The molecule has 1 saturated heterocycles. The second-order valence-corrected chi connectivity index (χ2v) is 7.20. The highest BCUT2D eigenvalue weighted by Crippen LogP contribution is 2.09. The third kappa shape index (κ3) is 4.31. The molecule has 1 aromatic rings. The highest BCUT2D eigenvalue weighted by atomic mass is 32.2. The Labute approximate surface area is 113 Å². The van der Waals surface area contributed by atoms with Crippen molar-refractivity contribution in [3.63, 3.8) is 0 Å². The molecule has 0 radical (unpaired) electrons. The van der Waals surface area contributed by atoms with Crippen LogP contribution >= 0.6 is 0 Å². The normalized spacial score (nSPS) is 19.9. The maximum absolute atomic E-state index is 11.5. The first-order chi connectivity index (χ1) is 8.96. The predicted molar refractivity (Wildman–Crippen MR) is 74.8 cm³/mol. The molecular weight excluding hydrogens is 265 g/mol. The zero-order chi connectivity index (χ0) is 13.9. The van der Waals surface area contributed by atoms with E-state index in [2.05, 4.69) is 4.90 Å². The van der Waals surface area contributed by atoms with E-state index < -0.39 is 17.0 Å². The Morgan fingerprint density at radius 1 is 1.11 bits per heavy atom. The van der Waals surface area contributed by atoms with Gasteiger partial charge in [-0.3, -0.25) is 4.90 Å². The lowest BCUT2D eigenvalue weighted by molar-refractivity contribution is 0.287. The molecule has 104 valence electrons. The third-order valence-corrected chi connectivity index (χ3v) is 5.05. The molecule has 0 spiro atoms. The summed E-state index contributed by atoms with van der Waals surface area (Å²) < 4.78 is 23.0. The topological polar surface area (TPSA) is 77.8 Å². The average Bonchev–Trinajstić information content (AvgIpc) is 2.52. The Morgan fingerprint density at radius 3 is 2.42 bits per heavy atom. The van der Waals surface area contributed by atoms with Crippen LogP contribution in [0.4, 0.5) is 0 Å². The van der Waals surface area contributed by atoms with E-state index in [1.807, 2.05) is 12.1 Å². The standard InChI is InChI=1S/C12H18BNO4S/c15-13(16)12-4-2-11(3-5-12)10-14-6-1-8-19(17,18)9-7-14/h2-5,15-16H,1,6-10H2. The van der Waals surface area contributed by atoms with Gasteiger partial charge in [-0.05, 0) is 24.0 Å². The molecule has 1 fully saturated rings. The summed E-state index contributed by atoms with van der Waals surface area (Å²) in [7, 11) is -4.32. The lowest BCUT2D eigenvalue weighted by Gasteiger charge is -2.19. The van der Waals surface area contributed by atoms with Crippen molar-refractivity contribution >= 4 is 22.4 Å². The first-order valence-electron chi connectivity index (χ1n) is 6.34. The van der Waals surface area contributed by atoms with Crippen molar-refractivity contribution in [1.82, 2.24) is 4.90 Å². The van der Waals surface area contributed by atoms with Gasteiger partial charge in [-0.2, -0.15) is 0 Å². The summed E-state index contributed by atoms with van der Waals surface area (Å²) in [6.07, 6.45) is 0.676. The Kier molecular flexibility index (Phi) is 4.62. The second kappa shape index (κ2) is 6.05. The minimum absolute atomic E-state index is 0.223. The molecule has 0 unspecified atom stereocenters. The summed E-state index contributed by atoms with van der Waals surface area (Å²) in [4.78, 5) is 2.12. The maximum Gasteiger partial charge on any atom is 0.488 e. The van der Waals surface area contributed by atoms with Gasteiger partial charge in [-0.15, -0.1) is 0 Å². The zero-order valence-corrected chi connectivity index (χ0v) is 11.5. The Bertz CT molecular complexity index is 515. The molecule has 2 N–H and O–H groups in total. The molecule has 0 amide bonds. The van der Waals surface area contributed by atoms with Crippen molar-refractivity contribution in [1.29, 1.82) is 0 Å². The molecular formula is C12H18BNO4S. The molecule has 5 nitrogen and oxygen atoms in total. The fourth-order valence-electron chi connectivity index (χ4n) is 2.20. The van der Waals surface area contributed by atoms with Crippen LogP contribution < -0.4 is 5.46 Å². The quantitative estimate of drug-likeness (QED) is 0.695. The van der Waals surface area contributed by atoms with Crippen molar-refractivity contribution in [2.45, 2.75) is 13.0 Å². The van der Waals surface area contributed by atoms with Crippen LogP contribution in [0.5, 0.6) is 0 Å². The van der Waals surface area contributed by atoms with Gasteiger partial charge >= 0.3 is 7.12 Å². The molecule has 0 saturated carbocycles. The molecule has 0 aromatic heterocycles. The van der Waals surface area contributed by atoms with Crippen LogP contribution in [0.1, 0.15) is 12.0 Å². The van der Waals surface area contributed by atoms with E-state index >= 15 is 0 Å². The van der Waals surface area contributed by atoms with Crippen LogP contribution in [0.3, 0.4) is 0 Å². The van der Waals surface area contributed by atoms with Crippen LogP contribution in [-0.4, -0.2) is 55.1 Å². The van der Waals surface area contributed by atoms with Gasteiger partial charge in [0, 0.05) is 13.1 Å². The fourth-order valence-corrected chi connectivity index (χ4v) is 3.51. The lowest BCUT2D eigenvalue weighted by atomic mass is 9.80. The predicted octanol–water partition coefficient (Wildman–Crippen LogP) is -1.01. The van der Waals surface area contributed by atoms with Gasteiger partial charge in [0.1, 0.15) is 0 Å². The fraction of sp³-hybridized carbons (Fsp3) is 0.500. The van der Waals surface area contributed by atoms with Gasteiger partial charge in [0.15, 0.2) is 9.84 Å². The van der Waals surface area contributed by atoms with Crippen LogP contribution in [0.15, 0.2) is 24.3 Å². The maximum atomic E-state index is 11.5. The van der Waals surface area contributed by atoms with Crippen LogP contribution in [-0.2, 0) is 16.4 Å². The molecule has 1 heterocycles. The molecule has 0 aliphatic carbocycles. The van der Waals surface area contributed by atoms with E-state index in [4.69, 9.17) is 10.0 Å². The van der Waals surface area contributed by atoms with Crippen LogP contribution in [0, 0.1) is 0 Å². The molecule has 7 heteroatoms. The SMILES string of the molecule is O=S1(=O)CCCN(Cc2ccc(B(O)O)cc2)CC1. The largest absolute Gasteiger partial charge is 0.488 e. The Morgan fingerprint density at radius 2 is 1.79 bits per heavy atom. The number of rotatable bonds is 3. The van der Waals surface area contributed by atoms with Gasteiger partial charge in [0.2, 0.25) is 0 Å². The minimum Gasteiger partial charge on any atom is -0.423 e. The highest BCUT2D eigenvalue weighted by Gasteiger charge is 2.19. The highest BCUT2D eigenvalue weighted by molar-refractivity contribution is 7.91. The van der Waals surface area contributed by atoms with Gasteiger partial charge in [-0.1, -0.05) is 24.3 Å². The lowest BCUT2D eigenvalue weighted by Crippen LogP contribution is -2.30. The van der Waals surface area contributed by atoms with Crippen LogP contribution in [0.2, 0.25) is 0 Å². The number of hydrogen-bond donors (Lipinski definition) is 2. The summed E-state index contributed by atoms with van der Waals surface area (Å²) in [5.74, 6) is 0.500. The summed E-state index contributed by atoms with van der Waals surface area (Å²) in [6, 6.07) is 7.03. The number of hydrogen-bond acceptors (Lipinski definition) is 5. The van der Waals surface area contributed by atoms with Crippen molar-refractivity contribution in [3.05, 3.63) is 29.8 Å². The molecule has 1 aromatic carbocycles. The molecule has 1 aliphatic heterocycles. The van der Waals surface area contributed by atoms with Gasteiger partial charge in [0.05, 0.1) is 11.5 Å². The Hall–Kier alpha value is -0.885. The summed E-state index contributed by atoms with van der Waals surface area (Å²) >= 11 is 0. The van der Waals surface area contributed by atoms with E-state index in [9.17, 15) is 8.42 Å². The average molecular weight is 283 g/mol. The number of benzene rings is 1. The van der Waals surface area contributed by atoms with Crippen molar-refractivity contribution in [2.24, 2.45) is 0 Å². The molecule has 0 bridgehead atoms. The van der Waals surface area contributed by atoms with E-state index in [0.717, 1.165) is 12.1 Å². The monoisotopic (exact) mass is 283 g/mol.